The van der Waals surface area contributed by atoms with Gasteiger partial charge in [-0.3, -0.25) is 4.79 Å². The van der Waals surface area contributed by atoms with Gasteiger partial charge in [0.05, 0.1) is 4.47 Å². The average Bonchev–Trinajstić information content (AvgIpc) is 3.36. The van der Waals surface area contributed by atoms with Gasteiger partial charge in [0.1, 0.15) is 5.75 Å². The molecule has 2 aliphatic carbocycles. The highest BCUT2D eigenvalue weighted by atomic mass is 79.9. The highest BCUT2D eigenvalue weighted by Crippen LogP contribution is 2.30. The molecule has 0 spiro atoms. The Labute approximate surface area is 133 Å². The van der Waals surface area contributed by atoms with Crippen molar-refractivity contribution < 1.29 is 9.53 Å². The molecular weight excluding hydrogens is 332 g/mol. The fourth-order valence-corrected chi connectivity index (χ4v) is 2.69. The molecule has 3 rings (SSSR count). The summed E-state index contributed by atoms with van der Waals surface area (Å²) in [6.07, 6.45) is 4.99. The number of nitrogens with one attached hydrogen (secondary N) is 2. The first-order valence-corrected chi connectivity index (χ1v) is 8.42. The molecule has 21 heavy (non-hydrogen) atoms. The molecule has 0 radical (unpaired) electrons. The number of carbonyl (C=O) groups is 1. The summed E-state index contributed by atoms with van der Waals surface area (Å²) in [5.74, 6) is 1.42. The molecule has 5 heteroatoms. The minimum absolute atomic E-state index is 0.0428. The molecule has 2 saturated carbocycles. The van der Waals surface area contributed by atoms with Crippen LogP contribution in [0.5, 0.6) is 5.75 Å². The summed E-state index contributed by atoms with van der Waals surface area (Å²) < 4.78 is 6.63. The van der Waals surface area contributed by atoms with Gasteiger partial charge in [0.2, 0.25) is 0 Å². The zero-order chi connectivity index (χ0) is 14.7. The van der Waals surface area contributed by atoms with Crippen molar-refractivity contribution in [2.45, 2.75) is 38.3 Å². The Bertz CT molecular complexity index is 513. The molecule has 0 aliphatic heterocycles. The smallest absolute Gasteiger partial charge is 0.257 e. The molecule has 0 aromatic heterocycles. The molecular formula is C16H21BrN2O2. The van der Waals surface area contributed by atoms with Gasteiger partial charge in [-0.05, 0) is 53.6 Å². The highest BCUT2D eigenvalue weighted by Gasteiger charge is 2.22. The lowest BCUT2D eigenvalue weighted by Gasteiger charge is -2.14. The van der Waals surface area contributed by atoms with E-state index in [-0.39, 0.29) is 12.5 Å². The standard InChI is InChI=1S/C16H21BrN2O2/c17-14-3-1-2-12(9-18-13-6-7-13)16(14)21-10-15(20)19-8-11-4-5-11/h1-3,11,13,18H,4-10H2,(H,19,20). The van der Waals surface area contributed by atoms with Gasteiger partial charge < -0.3 is 15.4 Å². The number of carbonyl (C=O) groups excluding carboxylic acids is 1. The summed E-state index contributed by atoms with van der Waals surface area (Å²) in [5.41, 5.74) is 1.09. The second-order valence-corrected chi connectivity index (χ2v) is 6.77. The van der Waals surface area contributed by atoms with E-state index in [0.29, 0.717) is 12.0 Å². The Balaban J connectivity index is 1.52. The van der Waals surface area contributed by atoms with Crippen LogP contribution in [0.3, 0.4) is 0 Å². The van der Waals surface area contributed by atoms with Crippen LogP contribution in [0, 0.1) is 5.92 Å². The summed E-state index contributed by atoms with van der Waals surface area (Å²) in [6, 6.07) is 6.63. The lowest BCUT2D eigenvalue weighted by atomic mass is 10.2. The van der Waals surface area contributed by atoms with E-state index in [1.54, 1.807) is 0 Å². The van der Waals surface area contributed by atoms with E-state index in [4.69, 9.17) is 4.74 Å². The molecule has 0 bridgehead atoms. The van der Waals surface area contributed by atoms with Crippen molar-refractivity contribution in [2.75, 3.05) is 13.2 Å². The quantitative estimate of drug-likeness (QED) is 0.755. The molecule has 0 saturated heterocycles. The number of ether oxygens (including phenoxy) is 1. The SMILES string of the molecule is O=C(COc1c(Br)cccc1CNC1CC1)NCC1CC1. The van der Waals surface area contributed by atoms with E-state index in [1.807, 2.05) is 18.2 Å². The zero-order valence-corrected chi connectivity index (χ0v) is 13.6. The molecule has 2 aliphatic rings. The lowest BCUT2D eigenvalue weighted by molar-refractivity contribution is -0.123. The number of benzene rings is 1. The van der Waals surface area contributed by atoms with Gasteiger partial charge in [-0.15, -0.1) is 0 Å². The highest BCUT2D eigenvalue weighted by molar-refractivity contribution is 9.10. The number of amides is 1. The van der Waals surface area contributed by atoms with Crippen molar-refractivity contribution in [1.29, 1.82) is 0 Å². The van der Waals surface area contributed by atoms with Gasteiger partial charge in [-0.2, -0.15) is 0 Å². The minimum Gasteiger partial charge on any atom is -0.482 e. The molecule has 2 fully saturated rings. The van der Waals surface area contributed by atoms with Crippen LogP contribution in [0.25, 0.3) is 0 Å². The summed E-state index contributed by atoms with van der Waals surface area (Å²) >= 11 is 3.51. The Morgan fingerprint density at radius 2 is 2.10 bits per heavy atom. The molecule has 1 aromatic carbocycles. The molecule has 0 atom stereocenters. The molecule has 114 valence electrons. The van der Waals surface area contributed by atoms with E-state index in [2.05, 4.69) is 26.6 Å². The third-order valence-corrected chi connectivity index (χ3v) is 4.46. The van der Waals surface area contributed by atoms with Crippen molar-refractivity contribution in [1.82, 2.24) is 10.6 Å². The van der Waals surface area contributed by atoms with Crippen molar-refractivity contribution in [3.63, 3.8) is 0 Å². The molecule has 4 nitrogen and oxygen atoms in total. The van der Waals surface area contributed by atoms with Crippen LogP contribution >= 0.6 is 15.9 Å². The number of halogens is 1. The minimum atomic E-state index is -0.0428. The first-order chi connectivity index (χ1) is 10.2. The van der Waals surface area contributed by atoms with E-state index in [0.717, 1.165) is 28.9 Å². The third-order valence-electron chi connectivity index (χ3n) is 3.84. The van der Waals surface area contributed by atoms with Crippen molar-refractivity contribution >= 4 is 21.8 Å². The monoisotopic (exact) mass is 352 g/mol. The average molecular weight is 353 g/mol. The van der Waals surface area contributed by atoms with Crippen LogP contribution in [0.1, 0.15) is 31.2 Å². The summed E-state index contributed by atoms with van der Waals surface area (Å²) in [5, 5.41) is 6.39. The number of hydrogen-bond donors (Lipinski definition) is 2. The lowest BCUT2D eigenvalue weighted by Crippen LogP contribution is -2.30. The Kier molecular flexibility index (Phi) is 4.80. The third kappa shape index (κ3) is 4.71. The van der Waals surface area contributed by atoms with E-state index in [9.17, 15) is 4.79 Å². The predicted octanol–water partition coefficient (Wildman–Crippen LogP) is 2.61. The van der Waals surface area contributed by atoms with E-state index in [1.165, 1.54) is 25.7 Å². The second kappa shape index (κ2) is 6.79. The first-order valence-electron chi connectivity index (χ1n) is 7.62. The maximum absolute atomic E-state index is 11.8. The van der Waals surface area contributed by atoms with Crippen LogP contribution < -0.4 is 15.4 Å². The second-order valence-electron chi connectivity index (χ2n) is 5.92. The van der Waals surface area contributed by atoms with E-state index >= 15 is 0 Å². The van der Waals surface area contributed by atoms with Gasteiger partial charge >= 0.3 is 0 Å². The van der Waals surface area contributed by atoms with Crippen LogP contribution in [0.2, 0.25) is 0 Å². The molecule has 1 aromatic rings. The summed E-state index contributed by atoms with van der Waals surface area (Å²) in [7, 11) is 0. The fraction of sp³-hybridized carbons (Fsp3) is 0.562. The number of para-hydroxylation sites is 1. The van der Waals surface area contributed by atoms with Gasteiger partial charge in [-0.25, -0.2) is 0 Å². The van der Waals surface area contributed by atoms with Gasteiger partial charge in [0, 0.05) is 24.7 Å². The molecule has 0 unspecified atom stereocenters. The fourth-order valence-electron chi connectivity index (χ4n) is 2.16. The Morgan fingerprint density at radius 1 is 1.29 bits per heavy atom. The van der Waals surface area contributed by atoms with Crippen LogP contribution in [0.15, 0.2) is 22.7 Å². The predicted molar refractivity (Wildman–Crippen MR) is 85.2 cm³/mol. The molecule has 2 N–H and O–H groups in total. The van der Waals surface area contributed by atoms with Gasteiger partial charge in [0.25, 0.3) is 5.91 Å². The van der Waals surface area contributed by atoms with Crippen molar-refractivity contribution in [2.24, 2.45) is 5.92 Å². The Morgan fingerprint density at radius 3 is 2.81 bits per heavy atom. The van der Waals surface area contributed by atoms with Crippen LogP contribution in [0.4, 0.5) is 0 Å². The molecule has 0 heterocycles. The van der Waals surface area contributed by atoms with Crippen LogP contribution in [-0.2, 0) is 11.3 Å². The number of hydrogen-bond acceptors (Lipinski definition) is 3. The van der Waals surface area contributed by atoms with Gasteiger partial charge in [-0.1, -0.05) is 12.1 Å². The Hall–Kier alpha value is -1.07. The molecule has 1 amide bonds. The zero-order valence-electron chi connectivity index (χ0n) is 12.0. The topological polar surface area (TPSA) is 50.4 Å². The maximum Gasteiger partial charge on any atom is 0.257 e. The normalized spacial score (nSPS) is 17.6. The van der Waals surface area contributed by atoms with E-state index < -0.39 is 0 Å². The van der Waals surface area contributed by atoms with Gasteiger partial charge in [0.15, 0.2) is 6.61 Å². The maximum atomic E-state index is 11.8. The largest absolute Gasteiger partial charge is 0.482 e. The number of rotatable bonds is 8. The summed E-state index contributed by atoms with van der Waals surface area (Å²) in [4.78, 5) is 11.8. The first kappa shape index (κ1) is 14.9. The summed E-state index contributed by atoms with van der Waals surface area (Å²) in [6.45, 7) is 1.64. The van der Waals surface area contributed by atoms with Crippen LogP contribution in [-0.4, -0.2) is 25.1 Å². The van der Waals surface area contributed by atoms with Crippen molar-refractivity contribution in [3.8, 4) is 5.75 Å². The van der Waals surface area contributed by atoms with Crippen molar-refractivity contribution in [3.05, 3.63) is 28.2 Å².